The van der Waals surface area contributed by atoms with Gasteiger partial charge in [0.15, 0.2) is 0 Å². The molecule has 3 unspecified atom stereocenters. The van der Waals surface area contributed by atoms with Crippen LogP contribution < -0.4 is 5.46 Å². The largest absolute Gasteiger partial charge is 0.494 e. The number of aryl methyl sites for hydroxylation is 1. The van der Waals surface area contributed by atoms with Gasteiger partial charge >= 0.3 is 7.12 Å². The third kappa shape index (κ3) is 4.97. The maximum atomic E-state index is 9.64. The molecule has 3 nitrogen and oxygen atoms in total. The molecule has 3 atom stereocenters. The van der Waals surface area contributed by atoms with E-state index in [1.807, 2.05) is 0 Å². The van der Waals surface area contributed by atoms with Gasteiger partial charge in [0.05, 0.1) is 11.2 Å². The Kier molecular flexibility index (Phi) is 7.05. The van der Waals surface area contributed by atoms with Gasteiger partial charge in [-0.25, -0.2) is 0 Å². The Hall–Kier alpha value is -2.40. The van der Waals surface area contributed by atoms with Crippen LogP contribution in [0.1, 0.15) is 84.8 Å². The van der Waals surface area contributed by atoms with Crippen LogP contribution in [0.15, 0.2) is 66.2 Å². The van der Waals surface area contributed by atoms with Crippen molar-refractivity contribution in [3.05, 3.63) is 77.4 Å². The predicted octanol–water partition coefficient (Wildman–Crippen LogP) is 7.75. The molecule has 3 aromatic rings. The van der Waals surface area contributed by atoms with Gasteiger partial charge in [0, 0.05) is 12.0 Å². The molecule has 40 heavy (non-hydrogen) atoms. The summed E-state index contributed by atoms with van der Waals surface area (Å²) in [5, 5.41) is 12.1. The maximum Gasteiger partial charge on any atom is 0.494 e. The molecule has 3 aliphatic rings. The minimum Gasteiger partial charge on any atom is -0.399 e. The van der Waals surface area contributed by atoms with E-state index in [4.69, 9.17) is 9.31 Å². The van der Waals surface area contributed by atoms with E-state index in [0.717, 1.165) is 18.3 Å². The van der Waals surface area contributed by atoms with Crippen LogP contribution in [0.5, 0.6) is 0 Å². The van der Waals surface area contributed by atoms with Crippen molar-refractivity contribution < 1.29 is 14.4 Å². The van der Waals surface area contributed by atoms with E-state index in [1.165, 1.54) is 58.7 Å². The van der Waals surface area contributed by atoms with Gasteiger partial charge in [-0.2, -0.15) is 0 Å². The lowest BCUT2D eigenvalue weighted by molar-refractivity contribution is 0.00578. The number of allylic oxidation sites excluding steroid dienone is 2. The van der Waals surface area contributed by atoms with Crippen LogP contribution in [0.2, 0.25) is 0 Å². The van der Waals surface area contributed by atoms with Gasteiger partial charge in [-0.15, -0.1) is 0 Å². The minimum atomic E-state index is -0.350. The van der Waals surface area contributed by atoms with Crippen LogP contribution in [0.25, 0.3) is 21.9 Å². The summed E-state index contributed by atoms with van der Waals surface area (Å²) in [6, 6.07) is 20.5. The lowest BCUT2D eigenvalue weighted by Crippen LogP contribution is -2.41. The summed E-state index contributed by atoms with van der Waals surface area (Å²) in [6.07, 6.45) is 9.21. The molecule has 2 fully saturated rings. The Bertz CT molecular complexity index is 1440. The van der Waals surface area contributed by atoms with Crippen molar-refractivity contribution in [2.24, 2.45) is 11.8 Å². The van der Waals surface area contributed by atoms with Gasteiger partial charge in [-0.3, -0.25) is 0 Å². The van der Waals surface area contributed by atoms with Crippen molar-refractivity contribution in [1.29, 1.82) is 0 Å². The van der Waals surface area contributed by atoms with E-state index in [2.05, 4.69) is 102 Å². The average molecular weight is 537 g/mol. The Morgan fingerprint density at radius 3 is 2.27 bits per heavy atom. The first kappa shape index (κ1) is 27.8. The van der Waals surface area contributed by atoms with Gasteiger partial charge in [0.1, 0.15) is 0 Å². The summed E-state index contributed by atoms with van der Waals surface area (Å²) >= 11 is 0. The molecule has 1 aliphatic heterocycles. The first-order valence-corrected chi connectivity index (χ1v) is 15.3. The molecule has 1 saturated carbocycles. The lowest BCUT2D eigenvalue weighted by Gasteiger charge is -2.47. The zero-order valence-corrected chi connectivity index (χ0v) is 25.2. The third-order valence-corrected chi connectivity index (χ3v) is 10.2. The van der Waals surface area contributed by atoms with Gasteiger partial charge in [0.2, 0.25) is 0 Å². The van der Waals surface area contributed by atoms with E-state index in [9.17, 15) is 5.11 Å². The molecule has 210 valence electrons. The number of hydrogen-bond acceptors (Lipinski definition) is 3. The standard InChI is InChI=1S/C36H45BO3/c1-24-16-26-17-25(2)22-36(21-24,23-26)33-20-31(10-9-27(33)8-7-15-38)28-11-12-30-19-32(14-13-29(30)18-28)37-39-34(3,4)35(5,6)40-37/h9-14,16,18-20,24-25,38H,7-8,15,17,21-23H2,1-6H3. The van der Waals surface area contributed by atoms with Crippen LogP contribution in [0.3, 0.4) is 0 Å². The lowest BCUT2D eigenvalue weighted by atomic mass is 9.57. The quantitative estimate of drug-likeness (QED) is 0.259. The number of fused-ring (bicyclic) bond motifs is 3. The number of aliphatic hydroxyl groups excluding tert-OH is 1. The summed E-state index contributed by atoms with van der Waals surface area (Å²) in [5.74, 6) is 1.32. The first-order valence-electron chi connectivity index (χ1n) is 15.3. The molecule has 1 saturated heterocycles. The van der Waals surface area contributed by atoms with E-state index in [0.29, 0.717) is 11.8 Å². The predicted molar refractivity (Wildman–Crippen MR) is 167 cm³/mol. The molecule has 0 radical (unpaired) electrons. The van der Waals surface area contributed by atoms with Crippen LogP contribution in [0.4, 0.5) is 0 Å². The Morgan fingerprint density at radius 2 is 1.52 bits per heavy atom. The summed E-state index contributed by atoms with van der Waals surface area (Å²) in [7, 11) is -0.350. The maximum absolute atomic E-state index is 9.64. The fourth-order valence-corrected chi connectivity index (χ4v) is 7.75. The minimum absolute atomic E-state index is 0.205. The van der Waals surface area contributed by atoms with Gasteiger partial charge < -0.3 is 14.4 Å². The van der Waals surface area contributed by atoms with Crippen molar-refractivity contribution in [2.45, 2.75) is 96.7 Å². The van der Waals surface area contributed by atoms with Gasteiger partial charge in [-0.05, 0) is 123 Å². The molecule has 4 heteroatoms. The fourth-order valence-electron chi connectivity index (χ4n) is 7.75. The molecule has 3 aromatic carbocycles. The second-order valence-electron chi connectivity index (χ2n) is 14.1. The van der Waals surface area contributed by atoms with Crippen molar-refractivity contribution in [1.82, 2.24) is 0 Å². The highest BCUT2D eigenvalue weighted by atomic mass is 16.7. The van der Waals surface area contributed by atoms with Gasteiger partial charge in [-0.1, -0.05) is 74.0 Å². The van der Waals surface area contributed by atoms with Crippen molar-refractivity contribution >= 4 is 23.4 Å². The molecule has 0 aromatic heterocycles. The Balaban J connectivity index is 1.36. The highest BCUT2D eigenvalue weighted by molar-refractivity contribution is 6.62. The fraction of sp³-hybridized carbons (Fsp3) is 0.500. The molecule has 1 heterocycles. The summed E-state index contributed by atoms with van der Waals surface area (Å²) in [6.45, 7) is 13.5. The second kappa shape index (κ2) is 10.2. The molecular weight excluding hydrogens is 491 g/mol. The third-order valence-electron chi connectivity index (χ3n) is 10.2. The van der Waals surface area contributed by atoms with E-state index >= 15 is 0 Å². The van der Waals surface area contributed by atoms with Gasteiger partial charge in [0.25, 0.3) is 0 Å². The van der Waals surface area contributed by atoms with Crippen LogP contribution in [-0.4, -0.2) is 30.0 Å². The van der Waals surface area contributed by atoms with E-state index in [1.54, 1.807) is 5.57 Å². The zero-order valence-electron chi connectivity index (χ0n) is 25.2. The highest BCUT2D eigenvalue weighted by Crippen LogP contribution is 2.53. The molecule has 0 spiro atoms. The normalized spacial score (nSPS) is 27.2. The molecule has 0 amide bonds. The summed E-state index contributed by atoms with van der Waals surface area (Å²) < 4.78 is 12.6. The van der Waals surface area contributed by atoms with E-state index < -0.39 is 0 Å². The molecule has 6 rings (SSSR count). The van der Waals surface area contributed by atoms with Crippen LogP contribution in [0, 0.1) is 11.8 Å². The smallest absolute Gasteiger partial charge is 0.399 e. The zero-order chi connectivity index (χ0) is 28.3. The number of aliphatic hydroxyl groups is 1. The van der Waals surface area contributed by atoms with Crippen molar-refractivity contribution in [3.63, 3.8) is 0 Å². The Morgan fingerprint density at radius 1 is 0.850 bits per heavy atom. The summed E-state index contributed by atoms with van der Waals surface area (Å²) in [5.41, 5.74) is 7.72. The SMILES string of the molecule is CC1C=C2CC(C)CC(c3cc(-c4ccc5cc(B6OC(C)(C)C(C)(C)O6)ccc5c4)ccc3CCCO)(C2)C1. The first-order chi connectivity index (χ1) is 19.0. The van der Waals surface area contributed by atoms with E-state index in [-0.39, 0.29) is 30.3 Å². The topological polar surface area (TPSA) is 38.7 Å². The van der Waals surface area contributed by atoms with Crippen molar-refractivity contribution in [3.8, 4) is 11.1 Å². The highest BCUT2D eigenvalue weighted by Gasteiger charge is 2.51. The number of benzene rings is 3. The van der Waals surface area contributed by atoms with Crippen molar-refractivity contribution in [2.75, 3.05) is 6.61 Å². The molecular formula is C36H45BO3. The molecule has 2 aliphatic carbocycles. The monoisotopic (exact) mass is 536 g/mol. The number of hydrogen-bond donors (Lipinski definition) is 1. The molecule has 2 bridgehead atoms. The van der Waals surface area contributed by atoms with Crippen LogP contribution >= 0.6 is 0 Å². The average Bonchev–Trinajstić information content (AvgIpc) is 3.12. The van der Waals surface area contributed by atoms with Crippen LogP contribution in [-0.2, 0) is 21.1 Å². The number of rotatable bonds is 6. The Labute approximate surface area is 241 Å². The molecule has 1 N–H and O–H groups in total. The summed E-state index contributed by atoms with van der Waals surface area (Å²) in [4.78, 5) is 0. The second-order valence-corrected chi connectivity index (χ2v) is 14.1.